The van der Waals surface area contributed by atoms with Crippen molar-refractivity contribution >= 4 is 5.91 Å². The van der Waals surface area contributed by atoms with Gasteiger partial charge < -0.3 is 10.4 Å². The number of hydrogen-bond acceptors (Lipinski definition) is 2. The molecule has 0 spiro atoms. The molecule has 0 atom stereocenters. The van der Waals surface area contributed by atoms with Crippen molar-refractivity contribution in [3.8, 4) is 0 Å². The zero-order valence-corrected chi connectivity index (χ0v) is 6.32. The molecule has 0 heterocycles. The molecule has 0 saturated heterocycles. The molecule has 0 aliphatic heterocycles. The topological polar surface area (TPSA) is 49.3 Å². The molecular weight excluding hydrogens is 175 g/mol. The number of nitrogens with one attached hydrogen (secondary N) is 1. The highest BCUT2D eigenvalue weighted by Gasteiger charge is 2.26. The average Bonchev–Trinajstić information content (AvgIpc) is 1.84. The third-order valence-electron chi connectivity index (χ3n) is 1.07. The first kappa shape index (κ1) is 11.2. The molecule has 0 aromatic heterocycles. The average molecular weight is 185 g/mol. The minimum atomic E-state index is -4.24. The van der Waals surface area contributed by atoms with Crippen LogP contribution in [0.5, 0.6) is 0 Å². The number of alkyl halides is 3. The van der Waals surface area contributed by atoms with Gasteiger partial charge in [0.1, 0.15) is 0 Å². The van der Waals surface area contributed by atoms with E-state index in [1.165, 1.54) is 0 Å². The smallest absolute Gasteiger partial charge is 0.390 e. The fraction of sp³-hybridized carbons (Fsp3) is 0.833. The van der Waals surface area contributed by atoms with E-state index in [9.17, 15) is 18.0 Å². The summed E-state index contributed by atoms with van der Waals surface area (Å²) < 4.78 is 34.5. The van der Waals surface area contributed by atoms with Crippen LogP contribution in [-0.4, -0.2) is 30.3 Å². The van der Waals surface area contributed by atoms with E-state index >= 15 is 0 Å². The van der Waals surface area contributed by atoms with Gasteiger partial charge in [0.2, 0.25) is 5.91 Å². The Balaban J connectivity index is 3.37. The first-order valence-electron chi connectivity index (χ1n) is 3.40. The highest BCUT2D eigenvalue weighted by molar-refractivity contribution is 5.75. The molecule has 12 heavy (non-hydrogen) atoms. The Labute approximate surface area is 67.6 Å². The van der Waals surface area contributed by atoms with Crippen molar-refractivity contribution in [2.24, 2.45) is 0 Å². The lowest BCUT2D eigenvalue weighted by atomic mass is 10.4. The van der Waals surface area contributed by atoms with E-state index in [1.54, 1.807) is 0 Å². The predicted octanol–water partition coefficient (Wildman–Crippen LogP) is 0.437. The first-order valence-corrected chi connectivity index (χ1v) is 3.40. The quantitative estimate of drug-likeness (QED) is 0.667. The molecule has 0 bridgehead atoms. The van der Waals surface area contributed by atoms with Crippen molar-refractivity contribution in [3.63, 3.8) is 0 Å². The second-order valence-electron chi connectivity index (χ2n) is 2.19. The van der Waals surface area contributed by atoms with Gasteiger partial charge in [-0.05, 0) is 0 Å². The molecule has 0 saturated carbocycles. The maximum atomic E-state index is 11.5. The monoisotopic (exact) mass is 185 g/mol. The van der Waals surface area contributed by atoms with Crippen molar-refractivity contribution in [2.45, 2.75) is 19.0 Å². The summed E-state index contributed by atoms with van der Waals surface area (Å²) in [5, 5.41) is 10.2. The van der Waals surface area contributed by atoms with E-state index in [-0.39, 0.29) is 13.0 Å². The Morgan fingerprint density at radius 3 is 2.42 bits per heavy atom. The minimum absolute atomic E-state index is 0.155. The lowest BCUT2D eigenvalue weighted by Gasteiger charge is -2.06. The van der Waals surface area contributed by atoms with Crippen LogP contribution in [0.25, 0.3) is 0 Å². The van der Waals surface area contributed by atoms with Crippen LogP contribution in [0.15, 0.2) is 0 Å². The third-order valence-corrected chi connectivity index (χ3v) is 1.07. The van der Waals surface area contributed by atoms with E-state index in [4.69, 9.17) is 5.11 Å². The summed E-state index contributed by atoms with van der Waals surface area (Å²) in [7, 11) is 0. The summed E-state index contributed by atoms with van der Waals surface area (Å²) in [6, 6.07) is 0. The van der Waals surface area contributed by atoms with Gasteiger partial charge in [-0.25, -0.2) is 0 Å². The number of aliphatic hydroxyl groups is 1. The number of hydrogen-bond donors (Lipinski definition) is 2. The molecule has 0 fully saturated rings. The largest absolute Gasteiger partial charge is 0.396 e. The van der Waals surface area contributed by atoms with E-state index in [2.05, 4.69) is 0 Å². The summed E-state index contributed by atoms with van der Waals surface area (Å²) in [5.74, 6) is -0.568. The fourth-order valence-electron chi connectivity index (χ4n) is 0.534. The minimum Gasteiger partial charge on any atom is -0.396 e. The second kappa shape index (κ2) is 4.97. The molecule has 0 unspecified atom stereocenters. The van der Waals surface area contributed by atoms with Crippen molar-refractivity contribution < 1.29 is 23.1 Å². The molecule has 2 N–H and O–H groups in total. The van der Waals surface area contributed by atoms with Gasteiger partial charge >= 0.3 is 6.18 Å². The van der Waals surface area contributed by atoms with E-state index in [0.29, 0.717) is 0 Å². The van der Waals surface area contributed by atoms with E-state index < -0.39 is 25.0 Å². The lowest BCUT2D eigenvalue weighted by Crippen LogP contribution is -2.28. The first-order chi connectivity index (χ1) is 5.45. The van der Waals surface area contributed by atoms with Gasteiger partial charge in [0.25, 0.3) is 0 Å². The van der Waals surface area contributed by atoms with Crippen molar-refractivity contribution in [1.82, 2.24) is 5.32 Å². The third kappa shape index (κ3) is 7.33. The zero-order chi connectivity index (χ0) is 9.61. The number of amides is 1. The Bertz CT molecular complexity index is 146. The van der Waals surface area contributed by atoms with Gasteiger partial charge in [0, 0.05) is 13.0 Å². The van der Waals surface area contributed by atoms with Crippen LogP contribution < -0.4 is 5.32 Å². The van der Waals surface area contributed by atoms with Gasteiger partial charge in [-0.1, -0.05) is 0 Å². The number of carbonyl (C=O) groups is 1. The Morgan fingerprint density at radius 2 is 2.00 bits per heavy atom. The molecule has 0 aliphatic rings. The lowest BCUT2D eigenvalue weighted by molar-refractivity contribution is -0.135. The summed E-state index contributed by atoms with van der Waals surface area (Å²) in [4.78, 5) is 10.5. The predicted molar refractivity (Wildman–Crippen MR) is 35.4 cm³/mol. The maximum absolute atomic E-state index is 11.5. The van der Waals surface area contributed by atoms with Crippen LogP contribution in [0.2, 0.25) is 0 Å². The van der Waals surface area contributed by atoms with Crippen molar-refractivity contribution in [3.05, 3.63) is 0 Å². The standard InChI is InChI=1S/C6H10F3NO2/c7-6(8,9)2-3-10-5(12)1-4-11/h11H,1-4H2,(H,10,12). The van der Waals surface area contributed by atoms with E-state index in [1.807, 2.05) is 5.32 Å². The molecule has 72 valence electrons. The summed E-state index contributed by atoms with van der Waals surface area (Å²) in [6.07, 6.45) is -5.44. The molecule has 0 aromatic carbocycles. The normalized spacial score (nSPS) is 11.3. The Morgan fingerprint density at radius 1 is 1.42 bits per heavy atom. The molecule has 0 aromatic rings. The molecule has 0 rings (SSSR count). The summed E-state index contributed by atoms with van der Waals surface area (Å²) >= 11 is 0. The number of rotatable bonds is 4. The highest BCUT2D eigenvalue weighted by Crippen LogP contribution is 2.17. The maximum Gasteiger partial charge on any atom is 0.390 e. The number of halogens is 3. The van der Waals surface area contributed by atoms with Crippen LogP contribution >= 0.6 is 0 Å². The Hall–Kier alpha value is -0.780. The highest BCUT2D eigenvalue weighted by atomic mass is 19.4. The van der Waals surface area contributed by atoms with Crippen molar-refractivity contribution in [2.75, 3.05) is 13.2 Å². The van der Waals surface area contributed by atoms with E-state index in [0.717, 1.165) is 0 Å². The van der Waals surface area contributed by atoms with Gasteiger partial charge in [-0.2, -0.15) is 13.2 Å². The second-order valence-corrected chi connectivity index (χ2v) is 2.19. The molecule has 0 radical (unpaired) electrons. The molecular formula is C6H10F3NO2. The van der Waals surface area contributed by atoms with Gasteiger partial charge in [-0.3, -0.25) is 4.79 Å². The van der Waals surface area contributed by atoms with Gasteiger partial charge in [0.15, 0.2) is 0 Å². The van der Waals surface area contributed by atoms with Crippen LogP contribution in [0, 0.1) is 0 Å². The van der Waals surface area contributed by atoms with Crippen molar-refractivity contribution in [1.29, 1.82) is 0 Å². The van der Waals surface area contributed by atoms with Gasteiger partial charge in [-0.15, -0.1) is 0 Å². The summed E-state index contributed by atoms with van der Waals surface area (Å²) in [6.45, 7) is -0.778. The number of aliphatic hydroxyl groups excluding tert-OH is 1. The molecule has 1 amide bonds. The summed E-state index contributed by atoms with van der Waals surface area (Å²) in [5.41, 5.74) is 0. The van der Waals surface area contributed by atoms with Gasteiger partial charge in [0.05, 0.1) is 13.0 Å². The molecule has 6 heteroatoms. The molecule has 0 aliphatic carbocycles. The number of carbonyl (C=O) groups excluding carboxylic acids is 1. The zero-order valence-electron chi connectivity index (χ0n) is 6.32. The van der Waals surface area contributed by atoms with Crippen LogP contribution in [0.4, 0.5) is 13.2 Å². The Kier molecular flexibility index (Phi) is 4.65. The van der Waals surface area contributed by atoms with Crippen LogP contribution in [0.3, 0.4) is 0 Å². The van der Waals surface area contributed by atoms with Crippen LogP contribution in [0.1, 0.15) is 12.8 Å². The SMILES string of the molecule is O=C(CCO)NCCC(F)(F)F. The fourth-order valence-corrected chi connectivity index (χ4v) is 0.534. The van der Waals surface area contributed by atoms with Crippen LogP contribution in [-0.2, 0) is 4.79 Å². The molecule has 3 nitrogen and oxygen atoms in total.